The Morgan fingerprint density at radius 1 is 0.750 bits per heavy atom. The minimum absolute atomic E-state index is 1.38. The Bertz CT molecular complexity index is 479. The van der Waals surface area contributed by atoms with Crippen molar-refractivity contribution in [3.8, 4) is 0 Å². The number of hydrogen-bond acceptors (Lipinski definition) is 2. The summed E-state index contributed by atoms with van der Waals surface area (Å²) in [5.74, 6) is 0. The van der Waals surface area contributed by atoms with E-state index in [1.165, 1.54) is 30.6 Å². The van der Waals surface area contributed by atoms with Crippen molar-refractivity contribution in [1.29, 1.82) is 0 Å². The van der Waals surface area contributed by atoms with E-state index in [4.69, 9.17) is 0 Å². The molecule has 0 aliphatic carbocycles. The molecule has 0 spiro atoms. The molecule has 2 heterocycles. The molecule has 0 radical (unpaired) electrons. The molecule has 16 heavy (non-hydrogen) atoms. The molecule has 2 rings (SSSR count). The Hall–Kier alpha value is -0.860. The van der Waals surface area contributed by atoms with Crippen LogP contribution in [0, 0.1) is 27.7 Å². The average molecular weight is 248 g/mol. The van der Waals surface area contributed by atoms with E-state index >= 15 is 0 Å². The highest BCUT2D eigenvalue weighted by molar-refractivity contribution is 7.13. The Morgan fingerprint density at radius 2 is 1.12 bits per heavy atom. The molecule has 84 valence electrons. The van der Waals surface area contributed by atoms with Crippen LogP contribution in [0.15, 0.2) is 12.1 Å². The van der Waals surface area contributed by atoms with Crippen LogP contribution in [0.1, 0.15) is 30.6 Å². The molecule has 2 aromatic heterocycles. The van der Waals surface area contributed by atoms with Crippen LogP contribution in [0.25, 0.3) is 12.2 Å². The summed E-state index contributed by atoms with van der Waals surface area (Å²) in [6, 6.07) is 4.49. The lowest BCUT2D eigenvalue weighted by atomic mass is 10.2. The summed E-state index contributed by atoms with van der Waals surface area (Å²) >= 11 is 3.73. The molecule has 2 heteroatoms. The van der Waals surface area contributed by atoms with Crippen LogP contribution in [-0.2, 0) is 0 Å². The zero-order chi connectivity index (χ0) is 11.7. The molecular weight excluding hydrogens is 232 g/mol. The van der Waals surface area contributed by atoms with Crippen molar-refractivity contribution in [2.75, 3.05) is 0 Å². The predicted octanol–water partition coefficient (Wildman–Crippen LogP) is 5.21. The van der Waals surface area contributed by atoms with Crippen molar-refractivity contribution in [3.63, 3.8) is 0 Å². The highest BCUT2D eigenvalue weighted by Gasteiger charge is 2.01. The normalized spacial score (nSPS) is 11.5. The molecule has 0 saturated heterocycles. The molecule has 0 atom stereocenters. The molecule has 2 aromatic rings. The van der Waals surface area contributed by atoms with Crippen LogP contribution < -0.4 is 0 Å². The van der Waals surface area contributed by atoms with E-state index in [0.29, 0.717) is 0 Å². The minimum atomic E-state index is 1.38. The quantitative estimate of drug-likeness (QED) is 0.684. The SMILES string of the molecule is Cc1cc(C)c(/C=C\c2sc(C)cc2C)s1. The number of thiophene rings is 2. The molecule has 0 N–H and O–H groups in total. The third-order valence-corrected chi connectivity index (χ3v) is 4.78. The molecule has 0 fully saturated rings. The lowest BCUT2D eigenvalue weighted by Gasteiger charge is -1.90. The minimum Gasteiger partial charge on any atom is -0.141 e. The van der Waals surface area contributed by atoms with Crippen molar-refractivity contribution in [3.05, 3.63) is 42.8 Å². The zero-order valence-corrected chi connectivity index (χ0v) is 11.8. The Kier molecular flexibility index (Phi) is 3.31. The molecule has 0 amide bonds. The van der Waals surface area contributed by atoms with Gasteiger partial charge in [0, 0.05) is 19.5 Å². The fraction of sp³-hybridized carbons (Fsp3) is 0.286. The zero-order valence-electron chi connectivity index (χ0n) is 10.1. The first-order chi connectivity index (χ1) is 7.56. The van der Waals surface area contributed by atoms with Crippen LogP contribution in [0.2, 0.25) is 0 Å². The van der Waals surface area contributed by atoms with Gasteiger partial charge in [0.05, 0.1) is 0 Å². The van der Waals surface area contributed by atoms with Crippen molar-refractivity contribution in [2.45, 2.75) is 27.7 Å². The van der Waals surface area contributed by atoms with E-state index in [0.717, 1.165) is 0 Å². The van der Waals surface area contributed by atoms with Gasteiger partial charge < -0.3 is 0 Å². The van der Waals surface area contributed by atoms with Crippen LogP contribution >= 0.6 is 22.7 Å². The number of rotatable bonds is 2. The van der Waals surface area contributed by atoms with Gasteiger partial charge in [0.1, 0.15) is 0 Å². The maximum Gasteiger partial charge on any atom is 0.0302 e. The van der Waals surface area contributed by atoms with E-state index in [1.807, 2.05) is 22.7 Å². The maximum absolute atomic E-state index is 2.25. The van der Waals surface area contributed by atoms with Crippen LogP contribution in [0.4, 0.5) is 0 Å². The van der Waals surface area contributed by atoms with Gasteiger partial charge in [0.15, 0.2) is 0 Å². The summed E-state index contributed by atoms with van der Waals surface area (Å²) in [4.78, 5) is 5.53. The Labute approximate surface area is 105 Å². The van der Waals surface area contributed by atoms with Gasteiger partial charge in [-0.15, -0.1) is 22.7 Å². The van der Waals surface area contributed by atoms with Crippen molar-refractivity contribution >= 4 is 34.8 Å². The third-order valence-electron chi connectivity index (χ3n) is 2.54. The lowest BCUT2D eigenvalue weighted by Crippen LogP contribution is -1.69. The molecule has 0 aromatic carbocycles. The second-order valence-corrected chi connectivity index (χ2v) is 6.72. The van der Waals surface area contributed by atoms with Gasteiger partial charge in [-0.3, -0.25) is 0 Å². The summed E-state index contributed by atoms with van der Waals surface area (Å²) in [6.45, 7) is 8.68. The van der Waals surface area contributed by atoms with Crippen LogP contribution in [-0.4, -0.2) is 0 Å². The monoisotopic (exact) mass is 248 g/mol. The summed E-state index contributed by atoms with van der Waals surface area (Å²) in [5, 5.41) is 0. The summed E-state index contributed by atoms with van der Waals surface area (Å²) in [7, 11) is 0. The van der Waals surface area contributed by atoms with Crippen molar-refractivity contribution < 1.29 is 0 Å². The summed E-state index contributed by atoms with van der Waals surface area (Å²) in [5.41, 5.74) is 2.76. The lowest BCUT2D eigenvalue weighted by molar-refractivity contribution is 1.49. The van der Waals surface area contributed by atoms with Crippen molar-refractivity contribution in [1.82, 2.24) is 0 Å². The molecule has 0 unspecified atom stereocenters. The largest absolute Gasteiger partial charge is 0.141 e. The Balaban J connectivity index is 2.27. The topological polar surface area (TPSA) is 0 Å². The summed E-state index contributed by atoms with van der Waals surface area (Å²) < 4.78 is 0. The second kappa shape index (κ2) is 4.56. The standard InChI is InChI=1S/C14H16S2/c1-9-7-11(3)15-13(9)5-6-14-10(2)8-12(4)16-14/h5-8H,1-4H3/b6-5-. The van der Waals surface area contributed by atoms with E-state index in [1.54, 1.807) is 0 Å². The molecular formula is C14H16S2. The number of hydrogen-bond donors (Lipinski definition) is 0. The molecule has 0 aliphatic heterocycles. The van der Waals surface area contributed by atoms with Gasteiger partial charge in [-0.05, 0) is 63.1 Å². The smallest absolute Gasteiger partial charge is 0.0302 e. The molecule has 0 nitrogen and oxygen atoms in total. The molecule has 0 bridgehead atoms. The van der Waals surface area contributed by atoms with Crippen molar-refractivity contribution in [2.24, 2.45) is 0 Å². The highest BCUT2D eigenvalue weighted by atomic mass is 32.1. The number of aryl methyl sites for hydroxylation is 4. The molecule has 0 aliphatic rings. The van der Waals surface area contributed by atoms with E-state index in [2.05, 4.69) is 52.0 Å². The maximum atomic E-state index is 2.25. The van der Waals surface area contributed by atoms with E-state index in [-0.39, 0.29) is 0 Å². The third kappa shape index (κ3) is 2.45. The van der Waals surface area contributed by atoms with Gasteiger partial charge in [-0.1, -0.05) is 0 Å². The van der Waals surface area contributed by atoms with Gasteiger partial charge >= 0.3 is 0 Å². The van der Waals surface area contributed by atoms with Crippen LogP contribution in [0.3, 0.4) is 0 Å². The first-order valence-electron chi connectivity index (χ1n) is 5.38. The fourth-order valence-corrected chi connectivity index (χ4v) is 3.68. The first kappa shape index (κ1) is 11.6. The fourth-order valence-electron chi connectivity index (χ4n) is 1.80. The van der Waals surface area contributed by atoms with E-state index in [9.17, 15) is 0 Å². The second-order valence-electron chi connectivity index (χ2n) is 4.14. The Morgan fingerprint density at radius 3 is 1.38 bits per heavy atom. The molecule has 0 saturated carbocycles. The first-order valence-corrected chi connectivity index (χ1v) is 7.01. The highest BCUT2D eigenvalue weighted by Crippen LogP contribution is 2.26. The van der Waals surface area contributed by atoms with Gasteiger partial charge in [-0.25, -0.2) is 0 Å². The van der Waals surface area contributed by atoms with Gasteiger partial charge in [-0.2, -0.15) is 0 Å². The predicted molar refractivity (Wildman–Crippen MR) is 76.5 cm³/mol. The van der Waals surface area contributed by atoms with Crippen LogP contribution in [0.5, 0.6) is 0 Å². The van der Waals surface area contributed by atoms with E-state index < -0.39 is 0 Å². The van der Waals surface area contributed by atoms with Gasteiger partial charge in [0.2, 0.25) is 0 Å². The average Bonchev–Trinajstić information content (AvgIpc) is 2.66. The summed E-state index contributed by atoms with van der Waals surface area (Å²) in [6.07, 6.45) is 4.48. The van der Waals surface area contributed by atoms with Gasteiger partial charge in [0.25, 0.3) is 0 Å².